The van der Waals surface area contributed by atoms with Crippen LogP contribution in [0.4, 0.5) is 5.69 Å². The lowest BCUT2D eigenvalue weighted by molar-refractivity contribution is 0.102. The van der Waals surface area contributed by atoms with Gasteiger partial charge in [-0.2, -0.15) is 5.10 Å². The van der Waals surface area contributed by atoms with Gasteiger partial charge < -0.3 is 5.32 Å². The van der Waals surface area contributed by atoms with Crippen molar-refractivity contribution in [2.75, 3.05) is 5.32 Å². The Morgan fingerprint density at radius 3 is 2.56 bits per heavy atom. The highest BCUT2D eigenvalue weighted by Gasteiger charge is 2.30. The Kier molecular flexibility index (Phi) is 6.40. The Labute approximate surface area is 193 Å². The summed E-state index contributed by atoms with van der Waals surface area (Å²) in [5.74, 6) is -0.319. The van der Waals surface area contributed by atoms with Gasteiger partial charge in [-0.05, 0) is 56.5 Å². The fourth-order valence-electron chi connectivity index (χ4n) is 4.30. The van der Waals surface area contributed by atoms with Crippen LogP contribution in [0.3, 0.4) is 0 Å². The molecule has 3 aromatic rings. The fourth-order valence-corrected chi connectivity index (χ4v) is 6.40. The number of amides is 1. The van der Waals surface area contributed by atoms with Crippen molar-refractivity contribution in [1.82, 2.24) is 9.78 Å². The number of carbonyl (C=O) groups is 1. The molecule has 0 saturated heterocycles. The van der Waals surface area contributed by atoms with Gasteiger partial charge in [-0.1, -0.05) is 48.7 Å². The summed E-state index contributed by atoms with van der Waals surface area (Å²) in [5, 5.41) is 7.68. The molecule has 1 aliphatic carbocycles. The number of rotatable bonds is 6. The van der Waals surface area contributed by atoms with Crippen LogP contribution in [0.1, 0.15) is 53.0 Å². The lowest BCUT2D eigenvalue weighted by Gasteiger charge is -2.13. The lowest BCUT2D eigenvalue weighted by Crippen LogP contribution is -2.18. The number of aromatic nitrogens is 2. The molecule has 0 bridgehead atoms. The van der Waals surface area contributed by atoms with Crippen molar-refractivity contribution in [3.63, 3.8) is 0 Å². The molecule has 1 aliphatic rings. The Bertz CT molecular complexity index is 1260. The molecule has 1 fully saturated rings. The van der Waals surface area contributed by atoms with E-state index in [1.165, 1.54) is 0 Å². The molecule has 0 atom stereocenters. The quantitative estimate of drug-likeness (QED) is 0.537. The third-order valence-electron chi connectivity index (χ3n) is 6.05. The van der Waals surface area contributed by atoms with E-state index < -0.39 is 9.84 Å². The number of nitrogens with zero attached hydrogens (tertiary/aromatic N) is 2. The van der Waals surface area contributed by atoms with Gasteiger partial charge in [0.05, 0.1) is 27.9 Å². The van der Waals surface area contributed by atoms with Crippen molar-refractivity contribution in [3.8, 4) is 0 Å². The van der Waals surface area contributed by atoms with E-state index in [-0.39, 0.29) is 16.1 Å². The Hall–Kier alpha value is -2.64. The zero-order valence-corrected chi connectivity index (χ0v) is 19.7. The maximum atomic E-state index is 13.1. The van der Waals surface area contributed by atoms with Crippen LogP contribution < -0.4 is 5.32 Å². The zero-order chi connectivity index (χ0) is 22.9. The Balaban J connectivity index is 1.56. The van der Waals surface area contributed by atoms with Crippen LogP contribution in [0.2, 0.25) is 5.02 Å². The highest BCUT2D eigenvalue weighted by molar-refractivity contribution is 7.92. The van der Waals surface area contributed by atoms with Crippen molar-refractivity contribution in [2.24, 2.45) is 0 Å². The minimum atomic E-state index is -3.39. The lowest BCUT2D eigenvalue weighted by atomic mass is 10.1. The van der Waals surface area contributed by atoms with Crippen LogP contribution in [0, 0.1) is 13.8 Å². The molecule has 32 heavy (non-hydrogen) atoms. The van der Waals surface area contributed by atoms with Crippen LogP contribution in [0.15, 0.2) is 53.4 Å². The molecule has 0 aliphatic heterocycles. The first-order valence-electron chi connectivity index (χ1n) is 10.7. The second kappa shape index (κ2) is 9.08. The molecule has 1 N–H and O–H groups in total. The van der Waals surface area contributed by atoms with Crippen LogP contribution >= 0.6 is 11.6 Å². The van der Waals surface area contributed by atoms with E-state index in [9.17, 15) is 13.2 Å². The molecule has 1 amide bonds. The van der Waals surface area contributed by atoms with E-state index in [4.69, 9.17) is 11.6 Å². The average Bonchev–Trinajstić information content (AvgIpc) is 3.39. The summed E-state index contributed by atoms with van der Waals surface area (Å²) < 4.78 is 27.6. The molecule has 1 heterocycles. The monoisotopic (exact) mass is 471 g/mol. The molecular weight excluding hydrogens is 446 g/mol. The minimum absolute atomic E-state index is 0.255. The minimum Gasteiger partial charge on any atom is -0.322 e. The van der Waals surface area contributed by atoms with Gasteiger partial charge in [0.2, 0.25) is 0 Å². The number of hydrogen-bond donors (Lipinski definition) is 1. The standard InChI is InChI=1S/C24H26ClN3O3S/c1-16-23(17(2)28(27-16)15-18-8-3-6-13-22(18)25)24(29)26-19-9-7-12-21(14-19)32(30,31)20-10-4-5-11-20/h3,6-9,12-14,20H,4-5,10-11,15H2,1-2H3,(H,26,29). The average molecular weight is 472 g/mol. The van der Waals surface area contributed by atoms with E-state index in [2.05, 4.69) is 10.4 Å². The van der Waals surface area contributed by atoms with Crippen molar-refractivity contribution < 1.29 is 13.2 Å². The first kappa shape index (κ1) is 22.6. The molecule has 0 unspecified atom stereocenters. The molecule has 4 rings (SSSR count). The summed E-state index contributed by atoms with van der Waals surface area (Å²) in [6, 6.07) is 14.0. The van der Waals surface area contributed by atoms with Gasteiger partial charge in [0, 0.05) is 16.4 Å². The second-order valence-electron chi connectivity index (χ2n) is 8.23. The molecule has 0 spiro atoms. The van der Waals surface area contributed by atoms with Crippen molar-refractivity contribution >= 4 is 33.0 Å². The van der Waals surface area contributed by atoms with E-state index in [0.29, 0.717) is 41.4 Å². The molecule has 168 valence electrons. The summed E-state index contributed by atoms with van der Waals surface area (Å²) in [6.07, 6.45) is 3.28. The van der Waals surface area contributed by atoms with E-state index in [1.54, 1.807) is 35.9 Å². The maximum Gasteiger partial charge on any atom is 0.259 e. The topological polar surface area (TPSA) is 81.1 Å². The largest absolute Gasteiger partial charge is 0.322 e. The van der Waals surface area contributed by atoms with E-state index >= 15 is 0 Å². The SMILES string of the molecule is Cc1nn(Cc2ccccc2Cl)c(C)c1C(=O)Nc1cccc(S(=O)(=O)C2CCCC2)c1. The highest BCUT2D eigenvalue weighted by atomic mass is 35.5. The number of aryl methyl sites for hydroxylation is 1. The summed E-state index contributed by atoms with van der Waals surface area (Å²) in [5.41, 5.74) is 3.15. The molecule has 1 aromatic heterocycles. The predicted molar refractivity (Wildman–Crippen MR) is 126 cm³/mol. The number of benzene rings is 2. The first-order chi connectivity index (χ1) is 15.3. The molecule has 1 saturated carbocycles. The second-order valence-corrected chi connectivity index (χ2v) is 10.9. The molecule has 6 nitrogen and oxygen atoms in total. The predicted octanol–water partition coefficient (Wildman–Crippen LogP) is 5.17. The number of carbonyl (C=O) groups excluding carboxylic acids is 1. The van der Waals surface area contributed by atoms with E-state index in [1.807, 2.05) is 31.2 Å². The number of nitrogens with one attached hydrogen (secondary N) is 1. The van der Waals surface area contributed by atoms with Gasteiger partial charge in [0.25, 0.3) is 5.91 Å². The molecular formula is C24H26ClN3O3S. The molecule has 2 aromatic carbocycles. The van der Waals surface area contributed by atoms with Crippen LogP contribution in [-0.4, -0.2) is 29.4 Å². The number of hydrogen-bond acceptors (Lipinski definition) is 4. The van der Waals surface area contributed by atoms with Crippen molar-refractivity contribution in [1.29, 1.82) is 0 Å². The van der Waals surface area contributed by atoms with Gasteiger partial charge in [-0.15, -0.1) is 0 Å². The first-order valence-corrected chi connectivity index (χ1v) is 12.6. The zero-order valence-electron chi connectivity index (χ0n) is 18.1. The van der Waals surface area contributed by atoms with E-state index in [0.717, 1.165) is 24.1 Å². The summed E-state index contributed by atoms with van der Waals surface area (Å²) >= 11 is 6.27. The fraction of sp³-hybridized carbons (Fsp3) is 0.333. The van der Waals surface area contributed by atoms with Crippen LogP contribution in [-0.2, 0) is 16.4 Å². The number of anilines is 1. The van der Waals surface area contributed by atoms with Crippen LogP contribution in [0.5, 0.6) is 0 Å². The van der Waals surface area contributed by atoms with Gasteiger partial charge in [-0.3, -0.25) is 9.48 Å². The maximum absolute atomic E-state index is 13.1. The third kappa shape index (κ3) is 4.45. The summed E-state index contributed by atoms with van der Waals surface area (Å²) in [7, 11) is -3.39. The van der Waals surface area contributed by atoms with Gasteiger partial charge in [0.15, 0.2) is 9.84 Å². The van der Waals surface area contributed by atoms with Crippen LogP contribution in [0.25, 0.3) is 0 Å². The van der Waals surface area contributed by atoms with Gasteiger partial charge >= 0.3 is 0 Å². The van der Waals surface area contributed by atoms with Gasteiger partial charge in [-0.25, -0.2) is 8.42 Å². The third-order valence-corrected chi connectivity index (χ3v) is 8.68. The number of sulfone groups is 1. The van der Waals surface area contributed by atoms with Crippen molar-refractivity contribution in [2.45, 2.75) is 56.2 Å². The van der Waals surface area contributed by atoms with Gasteiger partial charge in [0.1, 0.15) is 0 Å². The smallest absolute Gasteiger partial charge is 0.259 e. The highest BCUT2D eigenvalue weighted by Crippen LogP contribution is 2.30. The summed E-state index contributed by atoms with van der Waals surface area (Å²) in [6.45, 7) is 4.08. The normalized spacial score (nSPS) is 14.6. The number of halogens is 1. The Morgan fingerprint density at radius 1 is 1.12 bits per heavy atom. The Morgan fingerprint density at radius 2 is 1.84 bits per heavy atom. The molecule has 0 radical (unpaired) electrons. The van der Waals surface area contributed by atoms with Crippen molar-refractivity contribution in [3.05, 3.63) is 76.1 Å². The summed E-state index contributed by atoms with van der Waals surface area (Å²) in [4.78, 5) is 13.3. The molecule has 8 heteroatoms.